The molecule has 5 heteroatoms. The molecule has 0 saturated heterocycles. The first-order valence-electron chi connectivity index (χ1n) is 5.77. The maximum absolute atomic E-state index is 5.82. The Balaban J connectivity index is 2.39. The van der Waals surface area contributed by atoms with Crippen LogP contribution < -0.4 is 0 Å². The zero-order chi connectivity index (χ0) is 13.0. The second-order valence-electron chi connectivity index (χ2n) is 3.91. The molecule has 2 heterocycles. The number of alkyl halides is 1. The highest BCUT2D eigenvalue weighted by atomic mass is 79.9. The number of hydrogen-bond acceptors (Lipinski definition) is 3. The van der Waals surface area contributed by atoms with Gasteiger partial charge in [0.05, 0.1) is 5.02 Å². The maximum atomic E-state index is 5.82. The number of hydrogen-bond donors (Lipinski definition) is 0. The summed E-state index contributed by atoms with van der Waals surface area (Å²) in [6, 6.07) is 3.63. The summed E-state index contributed by atoms with van der Waals surface area (Å²) < 4.78 is 0. The summed E-state index contributed by atoms with van der Waals surface area (Å²) in [7, 11) is 0. The van der Waals surface area contributed by atoms with Crippen molar-refractivity contribution in [2.45, 2.75) is 25.1 Å². The Morgan fingerprint density at radius 3 is 2.67 bits per heavy atom. The lowest BCUT2D eigenvalue weighted by molar-refractivity contribution is 0.859. The minimum Gasteiger partial charge on any atom is -0.251 e. The number of aromatic nitrogens is 3. The zero-order valence-electron chi connectivity index (χ0n) is 10.0. The largest absolute Gasteiger partial charge is 0.251 e. The van der Waals surface area contributed by atoms with E-state index in [0.717, 1.165) is 35.1 Å². The molecule has 3 nitrogen and oxygen atoms in total. The van der Waals surface area contributed by atoms with Crippen LogP contribution in [0.1, 0.15) is 24.6 Å². The van der Waals surface area contributed by atoms with Gasteiger partial charge >= 0.3 is 0 Å². The van der Waals surface area contributed by atoms with Crippen LogP contribution in [0.5, 0.6) is 0 Å². The first-order valence-corrected chi connectivity index (χ1v) is 7.27. The molecule has 0 aliphatic heterocycles. The van der Waals surface area contributed by atoms with Crippen LogP contribution in [0.2, 0.25) is 5.02 Å². The van der Waals surface area contributed by atoms with E-state index in [1.165, 1.54) is 0 Å². The first-order chi connectivity index (χ1) is 8.74. The van der Waals surface area contributed by atoms with Gasteiger partial charge in [-0.3, -0.25) is 4.98 Å². The van der Waals surface area contributed by atoms with Crippen molar-refractivity contribution >= 4 is 27.5 Å². The summed E-state index contributed by atoms with van der Waals surface area (Å²) in [5, 5.41) is 1.39. The molecule has 0 spiro atoms. The van der Waals surface area contributed by atoms with E-state index in [2.05, 4.69) is 37.8 Å². The third-order valence-corrected chi connectivity index (χ3v) is 3.37. The van der Waals surface area contributed by atoms with Gasteiger partial charge in [0.15, 0.2) is 5.82 Å². The normalized spacial score (nSPS) is 10.6. The summed E-state index contributed by atoms with van der Waals surface area (Å²) in [4.78, 5) is 13.2. The monoisotopic (exact) mass is 325 g/mol. The molecule has 2 rings (SSSR count). The Hall–Kier alpha value is -1.00. The van der Waals surface area contributed by atoms with Crippen molar-refractivity contribution in [3.63, 3.8) is 0 Å². The highest BCUT2D eigenvalue weighted by Gasteiger charge is 2.08. The summed E-state index contributed by atoms with van der Waals surface area (Å²) in [6.07, 6.45) is 5.48. The molecule has 0 radical (unpaired) electrons. The summed E-state index contributed by atoms with van der Waals surface area (Å²) >= 11 is 9.27. The van der Waals surface area contributed by atoms with Gasteiger partial charge in [0.25, 0.3) is 0 Å². The standard InChI is InChI=1S/C13H13BrClN3/c1-2-3-11-9(6-14)7-17-13(18-11)12-5-4-10(15)8-16-12/h4-5,7-8H,2-3,6H2,1H3. The van der Waals surface area contributed by atoms with E-state index in [-0.39, 0.29) is 0 Å². The summed E-state index contributed by atoms with van der Waals surface area (Å²) in [5.74, 6) is 0.653. The fourth-order valence-electron chi connectivity index (χ4n) is 1.64. The van der Waals surface area contributed by atoms with Gasteiger partial charge < -0.3 is 0 Å². The fourth-order valence-corrected chi connectivity index (χ4v) is 2.22. The van der Waals surface area contributed by atoms with Crippen molar-refractivity contribution in [3.05, 3.63) is 40.8 Å². The molecule has 18 heavy (non-hydrogen) atoms. The molecule has 2 aromatic rings. The van der Waals surface area contributed by atoms with Gasteiger partial charge in [0.1, 0.15) is 5.69 Å². The Morgan fingerprint density at radius 1 is 1.22 bits per heavy atom. The predicted molar refractivity (Wildman–Crippen MR) is 76.9 cm³/mol. The van der Waals surface area contributed by atoms with Gasteiger partial charge in [0.2, 0.25) is 0 Å². The highest BCUT2D eigenvalue weighted by molar-refractivity contribution is 9.08. The third-order valence-electron chi connectivity index (χ3n) is 2.54. The molecule has 0 aliphatic carbocycles. The molecule has 0 atom stereocenters. The van der Waals surface area contributed by atoms with Crippen molar-refractivity contribution in [2.24, 2.45) is 0 Å². The minimum absolute atomic E-state index is 0.615. The van der Waals surface area contributed by atoms with Crippen LogP contribution in [-0.2, 0) is 11.8 Å². The molecule has 0 unspecified atom stereocenters. The lowest BCUT2D eigenvalue weighted by Gasteiger charge is -2.07. The fraction of sp³-hybridized carbons (Fsp3) is 0.308. The van der Waals surface area contributed by atoms with Crippen molar-refractivity contribution in [1.82, 2.24) is 15.0 Å². The molecular formula is C13H13BrClN3. The van der Waals surface area contributed by atoms with E-state index in [0.29, 0.717) is 10.8 Å². The van der Waals surface area contributed by atoms with E-state index < -0.39 is 0 Å². The topological polar surface area (TPSA) is 38.7 Å². The van der Waals surface area contributed by atoms with Crippen LogP contribution in [0.15, 0.2) is 24.5 Å². The molecule has 0 saturated carbocycles. The predicted octanol–water partition coefficient (Wildman–Crippen LogP) is 4.04. The lowest BCUT2D eigenvalue weighted by Crippen LogP contribution is -2.01. The van der Waals surface area contributed by atoms with Crippen molar-refractivity contribution in [3.8, 4) is 11.5 Å². The van der Waals surface area contributed by atoms with Crippen LogP contribution in [0.3, 0.4) is 0 Å². The molecule has 0 fully saturated rings. The smallest absolute Gasteiger partial charge is 0.178 e. The summed E-state index contributed by atoms with van der Waals surface area (Å²) in [6.45, 7) is 2.14. The average Bonchev–Trinajstić information content (AvgIpc) is 2.40. The van der Waals surface area contributed by atoms with Crippen molar-refractivity contribution in [2.75, 3.05) is 0 Å². The molecule has 0 N–H and O–H groups in total. The van der Waals surface area contributed by atoms with Crippen LogP contribution >= 0.6 is 27.5 Å². The second kappa shape index (κ2) is 6.25. The molecule has 0 amide bonds. The summed E-state index contributed by atoms with van der Waals surface area (Å²) in [5.41, 5.74) is 2.96. The van der Waals surface area contributed by atoms with E-state index >= 15 is 0 Å². The molecule has 94 valence electrons. The molecule has 0 bridgehead atoms. The van der Waals surface area contributed by atoms with Gasteiger partial charge in [-0.15, -0.1) is 0 Å². The Kier molecular flexibility index (Phi) is 4.66. The van der Waals surface area contributed by atoms with Crippen LogP contribution in [0, 0.1) is 0 Å². The van der Waals surface area contributed by atoms with E-state index in [1.807, 2.05) is 12.3 Å². The molecule has 0 aromatic carbocycles. The zero-order valence-corrected chi connectivity index (χ0v) is 12.4. The lowest BCUT2D eigenvalue weighted by atomic mass is 10.1. The molecule has 0 aliphatic rings. The molecule has 2 aromatic heterocycles. The average molecular weight is 327 g/mol. The van der Waals surface area contributed by atoms with Gasteiger partial charge in [-0.25, -0.2) is 9.97 Å². The highest BCUT2D eigenvalue weighted by Crippen LogP contribution is 2.18. The van der Waals surface area contributed by atoms with Crippen molar-refractivity contribution < 1.29 is 0 Å². The van der Waals surface area contributed by atoms with Crippen LogP contribution in [-0.4, -0.2) is 15.0 Å². The molecular weight excluding hydrogens is 314 g/mol. The SMILES string of the molecule is CCCc1nc(-c2ccc(Cl)cn2)ncc1CBr. The van der Waals surface area contributed by atoms with Crippen LogP contribution in [0.25, 0.3) is 11.5 Å². The Bertz CT molecular complexity index is 528. The van der Waals surface area contributed by atoms with Gasteiger partial charge in [-0.05, 0) is 18.6 Å². The number of nitrogens with zero attached hydrogens (tertiary/aromatic N) is 3. The quantitative estimate of drug-likeness (QED) is 0.796. The number of aryl methyl sites for hydroxylation is 1. The third kappa shape index (κ3) is 3.06. The maximum Gasteiger partial charge on any atom is 0.178 e. The number of pyridine rings is 1. The number of rotatable bonds is 4. The van der Waals surface area contributed by atoms with Crippen LogP contribution in [0.4, 0.5) is 0 Å². The van der Waals surface area contributed by atoms with Gasteiger partial charge in [-0.1, -0.05) is 40.9 Å². The van der Waals surface area contributed by atoms with Crippen molar-refractivity contribution in [1.29, 1.82) is 0 Å². The second-order valence-corrected chi connectivity index (χ2v) is 4.91. The van der Waals surface area contributed by atoms with E-state index in [9.17, 15) is 0 Å². The van der Waals surface area contributed by atoms with Gasteiger partial charge in [-0.2, -0.15) is 0 Å². The minimum atomic E-state index is 0.615. The Morgan fingerprint density at radius 2 is 2.06 bits per heavy atom. The Labute approximate surface area is 120 Å². The first kappa shape index (κ1) is 13.4. The van der Waals surface area contributed by atoms with E-state index in [4.69, 9.17) is 11.6 Å². The number of halogens is 2. The van der Waals surface area contributed by atoms with E-state index in [1.54, 1.807) is 12.3 Å². The van der Waals surface area contributed by atoms with Gasteiger partial charge in [0, 0.05) is 29.0 Å².